The molecular weight excluding hydrogens is 506 g/mol. The van der Waals surface area contributed by atoms with Crippen LogP contribution in [0.2, 0.25) is 0 Å². The fraction of sp³-hybridized carbons (Fsp3) is 0.458. The highest BCUT2D eigenvalue weighted by molar-refractivity contribution is 7.89. The van der Waals surface area contributed by atoms with E-state index >= 15 is 0 Å². The molecule has 2 saturated heterocycles. The molecular formula is C24H31N3O7S2. The lowest BCUT2D eigenvalue weighted by Crippen LogP contribution is -2.45. The Bertz CT molecular complexity index is 1260. The fourth-order valence-corrected chi connectivity index (χ4v) is 7.25. The highest BCUT2D eigenvalue weighted by Crippen LogP contribution is 2.25. The largest absolute Gasteiger partial charge is 0.497 e. The molecule has 0 aliphatic carbocycles. The average molecular weight is 538 g/mol. The van der Waals surface area contributed by atoms with Crippen molar-refractivity contribution in [3.8, 4) is 5.75 Å². The summed E-state index contributed by atoms with van der Waals surface area (Å²) in [6.45, 7) is 2.10. The summed E-state index contributed by atoms with van der Waals surface area (Å²) >= 11 is 0. The van der Waals surface area contributed by atoms with Crippen molar-refractivity contribution >= 4 is 26.0 Å². The molecule has 0 saturated carbocycles. The van der Waals surface area contributed by atoms with Crippen LogP contribution in [0.3, 0.4) is 0 Å². The zero-order valence-corrected chi connectivity index (χ0v) is 21.8. The first-order chi connectivity index (χ1) is 17.2. The molecule has 36 heavy (non-hydrogen) atoms. The summed E-state index contributed by atoms with van der Waals surface area (Å²) in [5.74, 6) is -0.126. The summed E-state index contributed by atoms with van der Waals surface area (Å²) in [4.78, 5) is 13.2. The van der Waals surface area contributed by atoms with Gasteiger partial charge in [0.1, 0.15) is 5.75 Å². The number of nitrogens with zero attached hydrogens (tertiary/aromatic N) is 2. The van der Waals surface area contributed by atoms with E-state index in [-0.39, 0.29) is 28.8 Å². The molecule has 0 spiro atoms. The van der Waals surface area contributed by atoms with Crippen molar-refractivity contribution < 1.29 is 31.1 Å². The van der Waals surface area contributed by atoms with E-state index in [1.807, 2.05) is 0 Å². The van der Waals surface area contributed by atoms with Crippen molar-refractivity contribution in [2.75, 3.05) is 46.5 Å². The standard InChI is InChI=1S/C24H31N3O7S2/c1-33-21-6-10-23(11-7-21)36(31,32)27-12-2-3-20(18-27)24(28)25-17-19-4-8-22(9-5-19)35(29,30)26-13-15-34-16-14-26/h4-11,20H,2-3,12-18H2,1H3,(H,25,28). The van der Waals surface area contributed by atoms with E-state index in [9.17, 15) is 21.6 Å². The second-order valence-corrected chi connectivity index (χ2v) is 12.6. The van der Waals surface area contributed by atoms with Crippen LogP contribution in [0.1, 0.15) is 18.4 Å². The second kappa shape index (κ2) is 11.3. The first-order valence-corrected chi connectivity index (χ1v) is 14.7. The Morgan fingerprint density at radius 3 is 2.11 bits per heavy atom. The molecule has 1 unspecified atom stereocenters. The van der Waals surface area contributed by atoms with Crippen molar-refractivity contribution in [2.45, 2.75) is 29.2 Å². The predicted octanol–water partition coefficient (Wildman–Crippen LogP) is 1.43. The van der Waals surface area contributed by atoms with Gasteiger partial charge in [-0.05, 0) is 54.8 Å². The summed E-state index contributed by atoms with van der Waals surface area (Å²) in [5.41, 5.74) is 0.753. The molecule has 1 amide bonds. The number of nitrogens with one attached hydrogen (secondary N) is 1. The molecule has 0 bridgehead atoms. The SMILES string of the molecule is COc1ccc(S(=O)(=O)N2CCCC(C(=O)NCc3ccc(S(=O)(=O)N4CCOCC4)cc3)C2)cc1. The molecule has 12 heteroatoms. The molecule has 2 aromatic rings. The highest BCUT2D eigenvalue weighted by atomic mass is 32.2. The minimum atomic E-state index is -3.72. The van der Waals surface area contributed by atoms with Crippen molar-refractivity contribution in [3.63, 3.8) is 0 Å². The van der Waals surface area contributed by atoms with E-state index in [1.54, 1.807) is 24.3 Å². The molecule has 196 valence electrons. The van der Waals surface area contributed by atoms with Crippen LogP contribution in [-0.2, 0) is 36.1 Å². The maximum absolute atomic E-state index is 13.1. The van der Waals surface area contributed by atoms with E-state index in [1.165, 1.54) is 40.0 Å². The van der Waals surface area contributed by atoms with Gasteiger partial charge in [-0.15, -0.1) is 0 Å². The topological polar surface area (TPSA) is 122 Å². The Morgan fingerprint density at radius 2 is 1.50 bits per heavy atom. The van der Waals surface area contributed by atoms with Gasteiger partial charge in [0, 0.05) is 32.7 Å². The molecule has 0 radical (unpaired) electrons. The lowest BCUT2D eigenvalue weighted by molar-refractivity contribution is -0.126. The van der Waals surface area contributed by atoms with E-state index in [0.29, 0.717) is 51.4 Å². The van der Waals surface area contributed by atoms with Crippen LogP contribution in [0.4, 0.5) is 0 Å². The van der Waals surface area contributed by atoms with Gasteiger partial charge in [-0.2, -0.15) is 8.61 Å². The van der Waals surface area contributed by atoms with E-state index in [0.717, 1.165) is 5.56 Å². The van der Waals surface area contributed by atoms with Crippen molar-refractivity contribution in [1.29, 1.82) is 0 Å². The number of sulfonamides is 2. The van der Waals surface area contributed by atoms with Crippen molar-refractivity contribution in [3.05, 3.63) is 54.1 Å². The summed E-state index contributed by atoms with van der Waals surface area (Å²) in [7, 11) is -5.78. The number of benzene rings is 2. The molecule has 2 fully saturated rings. The molecule has 0 aromatic heterocycles. The van der Waals surface area contributed by atoms with Crippen LogP contribution in [0, 0.1) is 5.92 Å². The minimum Gasteiger partial charge on any atom is -0.497 e. The van der Waals surface area contributed by atoms with Crippen LogP contribution >= 0.6 is 0 Å². The maximum Gasteiger partial charge on any atom is 0.243 e. The first-order valence-electron chi connectivity index (χ1n) is 11.8. The number of hydrogen-bond donors (Lipinski definition) is 1. The van der Waals surface area contributed by atoms with Gasteiger partial charge in [-0.1, -0.05) is 12.1 Å². The lowest BCUT2D eigenvalue weighted by Gasteiger charge is -2.31. The average Bonchev–Trinajstić information content (AvgIpc) is 2.92. The number of hydrogen-bond acceptors (Lipinski definition) is 7. The van der Waals surface area contributed by atoms with Crippen molar-refractivity contribution in [2.24, 2.45) is 5.92 Å². The number of amides is 1. The highest BCUT2D eigenvalue weighted by Gasteiger charge is 2.33. The van der Waals surface area contributed by atoms with Gasteiger partial charge in [0.25, 0.3) is 0 Å². The number of carbonyl (C=O) groups excluding carboxylic acids is 1. The lowest BCUT2D eigenvalue weighted by atomic mass is 9.99. The Hall–Kier alpha value is -2.51. The predicted molar refractivity (Wildman–Crippen MR) is 132 cm³/mol. The molecule has 2 aliphatic rings. The molecule has 1 atom stereocenters. The summed E-state index contributed by atoms with van der Waals surface area (Å²) in [6.07, 6.45) is 1.18. The Kier molecular flexibility index (Phi) is 8.30. The zero-order chi connectivity index (χ0) is 25.8. The van der Waals surface area contributed by atoms with Crippen LogP contribution in [0.15, 0.2) is 58.3 Å². The molecule has 10 nitrogen and oxygen atoms in total. The smallest absolute Gasteiger partial charge is 0.243 e. The third kappa shape index (κ3) is 5.89. The first kappa shape index (κ1) is 26.6. The molecule has 1 N–H and O–H groups in total. The minimum absolute atomic E-state index is 0.108. The van der Waals surface area contributed by atoms with Gasteiger partial charge in [-0.3, -0.25) is 4.79 Å². The van der Waals surface area contributed by atoms with Crippen LogP contribution in [0.25, 0.3) is 0 Å². The molecule has 2 aromatic carbocycles. The van der Waals surface area contributed by atoms with E-state index in [2.05, 4.69) is 5.32 Å². The third-order valence-electron chi connectivity index (χ3n) is 6.45. The molecule has 2 aliphatic heterocycles. The fourth-order valence-electron chi connectivity index (χ4n) is 4.32. The van der Waals surface area contributed by atoms with Crippen LogP contribution in [-0.4, -0.2) is 77.9 Å². The quantitative estimate of drug-likeness (QED) is 0.541. The second-order valence-electron chi connectivity index (χ2n) is 8.76. The van der Waals surface area contributed by atoms with Gasteiger partial charge < -0.3 is 14.8 Å². The van der Waals surface area contributed by atoms with Gasteiger partial charge in [-0.25, -0.2) is 16.8 Å². The normalized spacial score (nSPS) is 20.1. The van der Waals surface area contributed by atoms with Gasteiger partial charge in [0.2, 0.25) is 26.0 Å². The Morgan fingerprint density at radius 1 is 0.917 bits per heavy atom. The number of morpholine rings is 1. The van der Waals surface area contributed by atoms with E-state index < -0.39 is 26.0 Å². The maximum atomic E-state index is 13.1. The zero-order valence-electron chi connectivity index (χ0n) is 20.1. The number of ether oxygens (including phenoxy) is 2. The molecule has 4 rings (SSSR count). The number of carbonyl (C=O) groups is 1. The summed E-state index contributed by atoms with van der Waals surface area (Å²) in [6, 6.07) is 12.6. The Labute approximate surface area is 212 Å². The van der Waals surface area contributed by atoms with E-state index in [4.69, 9.17) is 9.47 Å². The van der Waals surface area contributed by atoms with Gasteiger partial charge in [0.15, 0.2) is 0 Å². The molecule has 2 heterocycles. The number of methoxy groups -OCH3 is 1. The number of piperidine rings is 1. The van der Waals surface area contributed by atoms with Crippen molar-refractivity contribution in [1.82, 2.24) is 13.9 Å². The third-order valence-corrected chi connectivity index (χ3v) is 10.2. The van der Waals surface area contributed by atoms with Crippen LogP contribution in [0.5, 0.6) is 5.75 Å². The monoisotopic (exact) mass is 537 g/mol. The van der Waals surface area contributed by atoms with Gasteiger partial charge in [0.05, 0.1) is 36.0 Å². The number of rotatable bonds is 8. The van der Waals surface area contributed by atoms with Crippen LogP contribution < -0.4 is 10.1 Å². The summed E-state index contributed by atoms with van der Waals surface area (Å²) < 4.78 is 64.7. The Balaban J connectivity index is 1.34. The van der Waals surface area contributed by atoms with Gasteiger partial charge >= 0.3 is 0 Å². The summed E-state index contributed by atoms with van der Waals surface area (Å²) in [5, 5.41) is 2.86.